The molecule has 4 heteroatoms. The quantitative estimate of drug-likeness (QED) is 0.634. The highest BCUT2D eigenvalue weighted by Gasteiger charge is 2.27. The van der Waals surface area contributed by atoms with Crippen LogP contribution >= 0.6 is 0 Å². The minimum absolute atomic E-state index is 0.450. The van der Waals surface area contributed by atoms with Gasteiger partial charge in [-0.1, -0.05) is 13.1 Å². The van der Waals surface area contributed by atoms with E-state index in [1.165, 1.54) is 39.0 Å². The average Bonchev–Trinajstić information content (AvgIpc) is 1.76. The molecule has 13 heavy (non-hydrogen) atoms. The summed E-state index contributed by atoms with van der Waals surface area (Å²) in [6, 6.07) is 0. The van der Waals surface area contributed by atoms with Crippen molar-refractivity contribution in [2.75, 3.05) is 26.2 Å². The van der Waals surface area contributed by atoms with Gasteiger partial charge >= 0.3 is 0 Å². The maximum absolute atomic E-state index is 2.78. The molecule has 2 aliphatic rings. The Hall–Kier alpha value is 0.354. The van der Waals surface area contributed by atoms with Crippen molar-refractivity contribution in [3.05, 3.63) is 0 Å². The zero-order valence-corrected chi connectivity index (χ0v) is 11.3. The Morgan fingerprint density at radius 1 is 0.846 bits per heavy atom. The molecule has 2 fully saturated rings. The third kappa shape index (κ3) is 2.23. The van der Waals surface area contributed by atoms with E-state index in [1.807, 2.05) is 0 Å². The maximum atomic E-state index is 2.78. The van der Waals surface area contributed by atoms with Crippen molar-refractivity contribution in [2.24, 2.45) is 0 Å². The van der Waals surface area contributed by atoms with Crippen LogP contribution in [0, 0.1) is 0 Å². The van der Waals surface area contributed by atoms with Crippen molar-refractivity contribution in [3.8, 4) is 0 Å². The highest BCUT2D eigenvalue weighted by Crippen LogP contribution is 2.16. The van der Waals surface area contributed by atoms with Gasteiger partial charge in [0.2, 0.25) is 0 Å². The highest BCUT2D eigenvalue weighted by molar-refractivity contribution is 6.73. The Morgan fingerprint density at radius 2 is 1.23 bits per heavy atom. The van der Waals surface area contributed by atoms with Gasteiger partial charge in [-0.05, 0) is 44.7 Å². The summed E-state index contributed by atoms with van der Waals surface area (Å²) in [6.45, 7) is 10.8. The van der Waals surface area contributed by atoms with Gasteiger partial charge in [-0.2, -0.15) is 0 Å². The number of nitrogens with zero attached hydrogens (tertiary/aromatic N) is 2. The Kier molecular flexibility index (Phi) is 3.24. The van der Waals surface area contributed by atoms with Crippen LogP contribution in [0.1, 0.15) is 12.8 Å². The summed E-state index contributed by atoms with van der Waals surface area (Å²) in [5.41, 5.74) is 1.64. The second-order valence-corrected chi connectivity index (χ2v) is 11.5. The molecule has 0 aromatic heterocycles. The Labute approximate surface area is 85.3 Å². The molecule has 2 aliphatic heterocycles. The van der Waals surface area contributed by atoms with Gasteiger partial charge in [-0.25, -0.2) is 0 Å². The summed E-state index contributed by atoms with van der Waals surface area (Å²) in [5.74, 6) is 0. The lowest BCUT2D eigenvalue weighted by Gasteiger charge is -2.41. The van der Waals surface area contributed by atoms with Gasteiger partial charge in [0.1, 0.15) is 17.9 Å². The number of rotatable bonds is 4. The Balaban J connectivity index is 1.69. The molecule has 0 spiro atoms. The molecule has 0 aromatic rings. The van der Waals surface area contributed by atoms with Gasteiger partial charge in [0.15, 0.2) is 0 Å². The largest absolute Gasteiger partial charge is 0.326 e. The molecule has 0 aliphatic carbocycles. The summed E-state index contributed by atoms with van der Waals surface area (Å²) in [6.07, 6.45) is 2.94. The topological polar surface area (TPSA) is 6.48 Å². The van der Waals surface area contributed by atoms with E-state index in [-0.39, 0.29) is 0 Å². The third-order valence-corrected chi connectivity index (χ3v) is 12.7. The minimum atomic E-state index is -0.450. The predicted molar refractivity (Wildman–Crippen MR) is 63.2 cm³/mol. The molecular weight excluding hydrogens is 192 g/mol. The van der Waals surface area contributed by atoms with E-state index >= 15 is 0 Å². The normalized spacial score (nSPS) is 29.1. The van der Waals surface area contributed by atoms with Gasteiger partial charge in [-0.3, -0.25) is 0 Å². The van der Waals surface area contributed by atoms with Crippen LogP contribution in [-0.4, -0.2) is 53.2 Å². The predicted octanol–water partition coefficient (Wildman–Crippen LogP) is 0.644. The van der Waals surface area contributed by atoms with Crippen LogP contribution in [0.25, 0.3) is 0 Å². The van der Waals surface area contributed by atoms with E-state index in [4.69, 9.17) is 0 Å². The van der Waals surface area contributed by atoms with Crippen LogP contribution in [0.5, 0.6) is 0 Å². The first-order chi connectivity index (χ1) is 6.27. The fourth-order valence-corrected chi connectivity index (χ4v) is 11.2. The summed E-state index contributed by atoms with van der Waals surface area (Å²) in [7, 11) is -0.900. The van der Waals surface area contributed by atoms with Crippen LogP contribution in [0.15, 0.2) is 0 Å². The van der Waals surface area contributed by atoms with Crippen molar-refractivity contribution in [2.45, 2.75) is 31.6 Å². The number of hydrogen-bond donors (Lipinski definition) is 0. The van der Waals surface area contributed by atoms with Crippen molar-refractivity contribution in [1.29, 1.82) is 0 Å². The van der Waals surface area contributed by atoms with Crippen molar-refractivity contribution in [3.63, 3.8) is 0 Å². The van der Waals surface area contributed by atoms with Gasteiger partial charge in [0.25, 0.3) is 0 Å². The van der Waals surface area contributed by atoms with Crippen LogP contribution < -0.4 is 0 Å². The van der Waals surface area contributed by atoms with Crippen LogP contribution in [0.2, 0.25) is 18.8 Å². The molecule has 2 rings (SSSR count). The number of hydrogen-bond acceptors (Lipinski definition) is 2. The summed E-state index contributed by atoms with van der Waals surface area (Å²) in [5, 5.41) is 0. The van der Waals surface area contributed by atoms with Crippen LogP contribution in [0.3, 0.4) is 0 Å². The summed E-state index contributed by atoms with van der Waals surface area (Å²) in [4.78, 5) is 0. The Morgan fingerprint density at radius 3 is 1.46 bits per heavy atom. The fourth-order valence-electron chi connectivity index (χ4n) is 2.35. The van der Waals surface area contributed by atoms with Gasteiger partial charge < -0.3 is 9.13 Å². The molecule has 0 saturated carbocycles. The molecule has 0 bridgehead atoms. The van der Waals surface area contributed by atoms with Crippen molar-refractivity contribution in [1.82, 2.24) is 9.13 Å². The zero-order valence-electron chi connectivity index (χ0n) is 9.00. The molecule has 2 heterocycles. The fraction of sp³-hybridized carbons (Fsp3) is 1.00. The second kappa shape index (κ2) is 4.25. The molecule has 0 amide bonds. The van der Waals surface area contributed by atoms with Gasteiger partial charge in [-0.15, -0.1) is 0 Å². The lowest BCUT2D eigenvalue weighted by atomic mass is 10.3. The first kappa shape index (κ1) is 9.89. The second-order valence-electron chi connectivity index (χ2n) is 4.71. The Bertz CT molecular complexity index is 151. The first-order valence-electron chi connectivity index (χ1n) is 5.75. The van der Waals surface area contributed by atoms with E-state index < -0.39 is 17.9 Å². The van der Waals surface area contributed by atoms with Gasteiger partial charge in [0, 0.05) is 0 Å². The lowest BCUT2D eigenvalue weighted by molar-refractivity contribution is 0.304. The van der Waals surface area contributed by atoms with Gasteiger partial charge in [0.05, 0.1) is 0 Å². The molecule has 0 radical (unpaired) electrons. The summed E-state index contributed by atoms with van der Waals surface area (Å²) >= 11 is 0. The first-order valence-corrected chi connectivity index (χ1v) is 10.7. The molecule has 0 N–H and O–H groups in total. The minimum Gasteiger partial charge on any atom is -0.326 e. The molecule has 2 unspecified atom stereocenters. The maximum Gasteiger partial charge on any atom is 0.107 e. The van der Waals surface area contributed by atoms with E-state index in [9.17, 15) is 0 Å². The van der Waals surface area contributed by atoms with Crippen molar-refractivity contribution < 1.29 is 0 Å². The third-order valence-electron chi connectivity index (χ3n) is 3.71. The standard InChI is InChI=1S/C9H22N2Si2/c1-12(10-5-3-6-10)9-13(2)11-7-4-8-11/h12-13H,3-9H2,1-2H3. The molecular formula is C9H22N2Si2. The van der Waals surface area contributed by atoms with Crippen LogP contribution in [-0.2, 0) is 0 Å². The SMILES string of the molecule is C[SiH](C[SiH](C)N1CCC1)N1CCC1. The molecule has 76 valence electrons. The zero-order chi connectivity index (χ0) is 9.26. The average molecular weight is 214 g/mol. The monoisotopic (exact) mass is 214 g/mol. The lowest BCUT2D eigenvalue weighted by Crippen LogP contribution is -2.53. The van der Waals surface area contributed by atoms with E-state index in [0.717, 1.165) is 0 Å². The van der Waals surface area contributed by atoms with E-state index in [1.54, 1.807) is 5.67 Å². The van der Waals surface area contributed by atoms with Crippen molar-refractivity contribution >= 4 is 17.9 Å². The smallest absolute Gasteiger partial charge is 0.107 e. The highest BCUT2D eigenvalue weighted by atomic mass is 28.3. The molecule has 0 aromatic carbocycles. The molecule has 2 saturated heterocycles. The van der Waals surface area contributed by atoms with E-state index in [0.29, 0.717) is 0 Å². The summed E-state index contributed by atoms with van der Waals surface area (Å²) < 4.78 is 5.56. The van der Waals surface area contributed by atoms with Crippen LogP contribution in [0.4, 0.5) is 0 Å². The molecule has 2 atom stereocenters. The van der Waals surface area contributed by atoms with E-state index in [2.05, 4.69) is 22.2 Å². The molecule has 2 nitrogen and oxygen atoms in total.